The smallest absolute Gasteiger partial charge is 0.121 e. The van der Waals surface area contributed by atoms with E-state index in [1.165, 1.54) is 0 Å². The van der Waals surface area contributed by atoms with Gasteiger partial charge in [0.2, 0.25) is 0 Å². The van der Waals surface area contributed by atoms with Crippen LogP contribution in [0.1, 0.15) is 19.4 Å². The average Bonchev–Trinajstić information content (AvgIpc) is 2.92. The lowest BCUT2D eigenvalue weighted by molar-refractivity contribution is 0.169. The number of rotatable bonds is 7. The van der Waals surface area contributed by atoms with E-state index in [1.54, 1.807) is 6.07 Å². The molecule has 1 aromatic carbocycles. The highest BCUT2D eigenvalue weighted by Gasteiger charge is 2.19. The molecule has 0 fully saturated rings. The maximum Gasteiger partial charge on any atom is 0.121 e. The van der Waals surface area contributed by atoms with Gasteiger partial charge in [0.25, 0.3) is 0 Å². The van der Waals surface area contributed by atoms with Crippen molar-refractivity contribution >= 4 is 11.6 Å². The fourth-order valence-electron chi connectivity index (χ4n) is 2.14. The Labute approximate surface area is 130 Å². The standard InChI is InChI=1S/C15H21ClN4O/c1-3-20-10-12(9-18-20)7-15(19-17)11(2)21-14-6-4-5-13(16)8-14/h4-6,8-11,15,19H,3,7,17H2,1-2H3. The van der Waals surface area contributed by atoms with E-state index in [4.69, 9.17) is 22.2 Å². The van der Waals surface area contributed by atoms with Crippen LogP contribution in [0, 0.1) is 0 Å². The fourth-order valence-corrected chi connectivity index (χ4v) is 2.32. The van der Waals surface area contributed by atoms with Gasteiger partial charge in [0.1, 0.15) is 11.9 Å². The predicted octanol–water partition coefficient (Wildman–Crippen LogP) is 2.40. The first-order valence-electron chi connectivity index (χ1n) is 7.02. The average molecular weight is 309 g/mol. The first kappa shape index (κ1) is 15.8. The largest absolute Gasteiger partial charge is 0.489 e. The van der Waals surface area contributed by atoms with Gasteiger partial charge in [-0.05, 0) is 44.0 Å². The Kier molecular flexibility index (Phi) is 5.61. The van der Waals surface area contributed by atoms with Crippen LogP contribution < -0.4 is 16.0 Å². The minimum atomic E-state index is -0.0987. The maximum absolute atomic E-state index is 5.96. The van der Waals surface area contributed by atoms with Gasteiger partial charge in [-0.25, -0.2) is 0 Å². The summed E-state index contributed by atoms with van der Waals surface area (Å²) in [6.07, 6.45) is 4.53. The second-order valence-electron chi connectivity index (χ2n) is 4.96. The Bertz CT molecular complexity index is 572. The van der Waals surface area contributed by atoms with Crippen molar-refractivity contribution in [1.82, 2.24) is 15.2 Å². The molecule has 1 aromatic heterocycles. The van der Waals surface area contributed by atoms with Gasteiger partial charge in [0.05, 0.1) is 12.2 Å². The fraction of sp³-hybridized carbons (Fsp3) is 0.400. The van der Waals surface area contributed by atoms with Gasteiger partial charge in [-0.1, -0.05) is 17.7 Å². The van der Waals surface area contributed by atoms with Crippen molar-refractivity contribution < 1.29 is 4.74 Å². The summed E-state index contributed by atoms with van der Waals surface area (Å²) < 4.78 is 7.79. The van der Waals surface area contributed by atoms with Crippen LogP contribution in [0.5, 0.6) is 5.75 Å². The lowest BCUT2D eigenvalue weighted by Gasteiger charge is -2.24. The molecule has 2 rings (SSSR count). The number of aryl methyl sites for hydroxylation is 1. The van der Waals surface area contributed by atoms with Gasteiger partial charge in [0, 0.05) is 17.8 Å². The molecule has 21 heavy (non-hydrogen) atoms. The molecule has 0 amide bonds. The highest BCUT2D eigenvalue weighted by Crippen LogP contribution is 2.19. The minimum Gasteiger partial charge on any atom is -0.489 e. The number of hydrogen-bond donors (Lipinski definition) is 2. The number of nitrogens with two attached hydrogens (primary N) is 1. The molecule has 6 heteroatoms. The topological polar surface area (TPSA) is 65.1 Å². The van der Waals surface area contributed by atoms with Crippen molar-refractivity contribution in [3.63, 3.8) is 0 Å². The van der Waals surface area contributed by atoms with Crippen LogP contribution in [-0.4, -0.2) is 21.9 Å². The third kappa shape index (κ3) is 4.46. The van der Waals surface area contributed by atoms with Gasteiger partial charge >= 0.3 is 0 Å². The Morgan fingerprint density at radius 1 is 1.48 bits per heavy atom. The van der Waals surface area contributed by atoms with Gasteiger partial charge < -0.3 is 4.74 Å². The van der Waals surface area contributed by atoms with Gasteiger partial charge in [-0.15, -0.1) is 0 Å². The number of hydrazine groups is 1. The molecule has 3 N–H and O–H groups in total. The van der Waals surface area contributed by atoms with Gasteiger partial charge in [-0.2, -0.15) is 5.10 Å². The van der Waals surface area contributed by atoms with Crippen LogP contribution in [0.3, 0.4) is 0 Å². The molecule has 0 bridgehead atoms. The minimum absolute atomic E-state index is 0.0153. The zero-order chi connectivity index (χ0) is 15.2. The monoisotopic (exact) mass is 308 g/mol. The molecular weight excluding hydrogens is 288 g/mol. The maximum atomic E-state index is 5.96. The molecule has 0 saturated heterocycles. The van der Waals surface area contributed by atoms with E-state index in [0.29, 0.717) is 5.02 Å². The van der Waals surface area contributed by atoms with Crippen LogP contribution in [-0.2, 0) is 13.0 Å². The van der Waals surface area contributed by atoms with Crippen molar-refractivity contribution in [1.29, 1.82) is 0 Å². The highest BCUT2D eigenvalue weighted by atomic mass is 35.5. The van der Waals surface area contributed by atoms with Crippen molar-refractivity contribution in [2.24, 2.45) is 5.84 Å². The van der Waals surface area contributed by atoms with Crippen molar-refractivity contribution in [2.75, 3.05) is 0 Å². The molecule has 0 saturated carbocycles. The summed E-state index contributed by atoms with van der Waals surface area (Å²) in [6.45, 7) is 4.89. The first-order chi connectivity index (χ1) is 10.1. The summed E-state index contributed by atoms with van der Waals surface area (Å²) in [5.41, 5.74) is 3.94. The second kappa shape index (κ2) is 7.45. The molecule has 2 atom stereocenters. The Morgan fingerprint density at radius 3 is 2.90 bits per heavy atom. The molecule has 0 aliphatic heterocycles. The number of benzene rings is 1. The molecule has 1 heterocycles. The second-order valence-corrected chi connectivity index (χ2v) is 5.40. The molecule has 0 spiro atoms. The number of hydrogen-bond acceptors (Lipinski definition) is 4. The van der Waals surface area contributed by atoms with E-state index in [0.717, 1.165) is 24.3 Å². The van der Waals surface area contributed by atoms with Gasteiger partial charge in [0.15, 0.2) is 0 Å². The van der Waals surface area contributed by atoms with E-state index in [2.05, 4.69) is 17.4 Å². The lowest BCUT2D eigenvalue weighted by Crippen LogP contribution is -2.46. The molecule has 114 valence electrons. The van der Waals surface area contributed by atoms with Crippen molar-refractivity contribution in [3.05, 3.63) is 47.2 Å². The number of aromatic nitrogens is 2. The summed E-state index contributed by atoms with van der Waals surface area (Å²) in [5, 5.41) is 4.92. The molecule has 2 aromatic rings. The van der Waals surface area contributed by atoms with Crippen molar-refractivity contribution in [2.45, 2.75) is 39.0 Å². The summed E-state index contributed by atoms with van der Waals surface area (Å²) >= 11 is 5.96. The third-order valence-corrected chi connectivity index (χ3v) is 3.60. The number of nitrogens with one attached hydrogen (secondary N) is 1. The molecule has 2 unspecified atom stereocenters. The van der Waals surface area contributed by atoms with Crippen LogP contribution in [0.2, 0.25) is 5.02 Å². The van der Waals surface area contributed by atoms with Crippen LogP contribution in [0.25, 0.3) is 0 Å². The summed E-state index contributed by atoms with van der Waals surface area (Å²) in [6, 6.07) is 7.34. The first-order valence-corrected chi connectivity index (χ1v) is 7.40. The van der Waals surface area contributed by atoms with E-state index in [9.17, 15) is 0 Å². The Morgan fingerprint density at radius 2 is 2.29 bits per heavy atom. The lowest BCUT2D eigenvalue weighted by atomic mass is 10.1. The van der Waals surface area contributed by atoms with E-state index in [1.807, 2.05) is 42.2 Å². The quantitative estimate of drug-likeness (QED) is 0.609. The molecule has 5 nitrogen and oxygen atoms in total. The third-order valence-electron chi connectivity index (χ3n) is 3.37. The Hall–Kier alpha value is -1.56. The molecule has 0 aliphatic carbocycles. The molecule has 0 radical (unpaired) electrons. The Balaban J connectivity index is 1.99. The SMILES string of the molecule is CCn1cc(CC(NN)C(C)Oc2cccc(Cl)c2)cn1. The van der Waals surface area contributed by atoms with Gasteiger partial charge in [-0.3, -0.25) is 16.0 Å². The van der Waals surface area contributed by atoms with E-state index >= 15 is 0 Å². The zero-order valence-electron chi connectivity index (χ0n) is 12.3. The zero-order valence-corrected chi connectivity index (χ0v) is 13.0. The molecular formula is C15H21ClN4O. The molecule has 0 aliphatic rings. The highest BCUT2D eigenvalue weighted by molar-refractivity contribution is 6.30. The normalized spacial score (nSPS) is 13.9. The predicted molar refractivity (Wildman–Crippen MR) is 84.3 cm³/mol. The van der Waals surface area contributed by atoms with Crippen molar-refractivity contribution in [3.8, 4) is 5.75 Å². The van der Waals surface area contributed by atoms with Crippen LogP contribution in [0.15, 0.2) is 36.7 Å². The number of ether oxygens (including phenoxy) is 1. The number of nitrogens with zero attached hydrogens (tertiary/aromatic N) is 2. The van der Waals surface area contributed by atoms with Crippen LogP contribution >= 0.6 is 11.6 Å². The van der Waals surface area contributed by atoms with E-state index < -0.39 is 0 Å². The number of halogens is 1. The summed E-state index contributed by atoms with van der Waals surface area (Å²) in [4.78, 5) is 0. The van der Waals surface area contributed by atoms with Crippen LogP contribution in [0.4, 0.5) is 0 Å². The van der Waals surface area contributed by atoms with E-state index in [-0.39, 0.29) is 12.1 Å². The summed E-state index contributed by atoms with van der Waals surface area (Å²) in [5.74, 6) is 6.40. The summed E-state index contributed by atoms with van der Waals surface area (Å²) in [7, 11) is 0.